The number of pyridine rings is 1. The molecular formula is C12H15BrN2. The summed E-state index contributed by atoms with van der Waals surface area (Å²) in [7, 11) is 0. The first-order valence-electron chi connectivity index (χ1n) is 5.69. The lowest BCUT2D eigenvalue weighted by atomic mass is 10.0. The maximum Gasteiger partial charge on any atom is 0.0592 e. The zero-order valence-electron chi connectivity index (χ0n) is 8.69. The van der Waals surface area contributed by atoms with Gasteiger partial charge in [-0.2, -0.15) is 0 Å². The second kappa shape index (κ2) is 3.78. The SMILES string of the molecule is Brc1cnccc1N1CC2CCCC2C1. The Kier molecular flexibility index (Phi) is 2.43. The van der Waals surface area contributed by atoms with E-state index in [-0.39, 0.29) is 0 Å². The standard InChI is InChI=1S/C12H15BrN2/c13-11-6-14-5-4-12(11)15-7-9-2-1-3-10(9)8-15/h4-6,9-10H,1-3,7-8H2. The molecule has 1 aliphatic heterocycles. The van der Waals surface area contributed by atoms with Gasteiger partial charge >= 0.3 is 0 Å². The number of hydrogen-bond acceptors (Lipinski definition) is 2. The van der Waals surface area contributed by atoms with Gasteiger partial charge in [0, 0.05) is 25.5 Å². The van der Waals surface area contributed by atoms with E-state index in [0.29, 0.717) is 0 Å². The fourth-order valence-corrected chi connectivity index (χ4v) is 3.56. The van der Waals surface area contributed by atoms with Crippen molar-refractivity contribution in [2.75, 3.05) is 18.0 Å². The van der Waals surface area contributed by atoms with Crippen LogP contribution in [-0.4, -0.2) is 18.1 Å². The van der Waals surface area contributed by atoms with Gasteiger partial charge in [-0.05, 0) is 46.7 Å². The van der Waals surface area contributed by atoms with Crippen molar-refractivity contribution in [3.8, 4) is 0 Å². The van der Waals surface area contributed by atoms with E-state index in [0.717, 1.165) is 16.3 Å². The Morgan fingerprint density at radius 1 is 1.27 bits per heavy atom. The molecule has 0 N–H and O–H groups in total. The topological polar surface area (TPSA) is 16.1 Å². The second-order valence-electron chi connectivity index (χ2n) is 4.68. The van der Waals surface area contributed by atoms with Gasteiger partial charge in [0.15, 0.2) is 0 Å². The molecule has 1 aromatic rings. The van der Waals surface area contributed by atoms with Crippen molar-refractivity contribution >= 4 is 21.6 Å². The van der Waals surface area contributed by atoms with Crippen molar-refractivity contribution in [1.29, 1.82) is 0 Å². The van der Waals surface area contributed by atoms with Crippen LogP contribution in [0.3, 0.4) is 0 Å². The molecule has 0 radical (unpaired) electrons. The van der Waals surface area contributed by atoms with Crippen LogP contribution < -0.4 is 4.90 Å². The van der Waals surface area contributed by atoms with E-state index in [1.807, 2.05) is 12.4 Å². The Morgan fingerprint density at radius 3 is 2.67 bits per heavy atom. The fourth-order valence-electron chi connectivity index (χ4n) is 3.06. The number of halogens is 1. The van der Waals surface area contributed by atoms with Crippen molar-refractivity contribution in [2.45, 2.75) is 19.3 Å². The highest BCUT2D eigenvalue weighted by atomic mass is 79.9. The zero-order chi connectivity index (χ0) is 10.3. The predicted molar refractivity (Wildman–Crippen MR) is 65.0 cm³/mol. The summed E-state index contributed by atoms with van der Waals surface area (Å²) in [5.41, 5.74) is 1.32. The molecule has 1 saturated heterocycles. The first-order chi connectivity index (χ1) is 7.34. The lowest BCUT2D eigenvalue weighted by molar-refractivity contribution is 0.494. The van der Waals surface area contributed by atoms with Crippen molar-refractivity contribution < 1.29 is 0 Å². The number of fused-ring (bicyclic) bond motifs is 1. The first-order valence-corrected chi connectivity index (χ1v) is 6.48. The van der Waals surface area contributed by atoms with E-state index >= 15 is 0 Å². The Bertz CT molecular complexity index is 354. The third-order valence-corrected chi connectivity index (χ3v) is 4.43. The smallest absolute Gasteiger partial charge is 0.0592 e. The van der Waals surface area contributed by atoms with Gasteiger partial charge in [-0.3, -0.25) is 4.98 Å². The molecule has 2 aliphatic rings. The molecule has 0 spiro atoms. The lowest BCUT2D eigenvalue weighted by Gasteiger charge is -2.20. The van der Waals surface area contributed by atoms with Crippen LogP contribution in [0.5, 0.6) is 0 Å². The van der Waals surface area contributed by atoms with Crippen LogP contribution in [0.1, 0.15) is 19.3 Å². The molecule has 2 nitrogen and oxygen atoms in total. The number of aromatic nitrogens is 1. The third-order valence-electron chi connectivity index (χ3n) is 3.82. The molecule has 0 aromatic carbocycles. The quantitative estimate of drug-likeness (QED) is 0.777. The predicted octanol–water partition coefficient (Wildman–Crippen LogP) is 3.08. The Morgan fingerprint density at radius 2 is 2.00 bits per heavy atom. The summed E-state index contributed by atoms with van der Waals surface area (Å²) in [5.74, 6) is 1.90. The monoisotopic (exact) mass is 266 g/mol. The molecule has 15 heavy (non-hydrogen) atoms. The van der Waals surface area contributed by atoms with Gasteiger partial charge in [0.1, 0.15) is 0 Å². The van der Waals surface area contributed by atoms with Crippen molar-refractivity contribution in [3.63, 3.8) is 0 Å². The third kappa shape index (κ3) is 1.67. The van der Waals surface area contributed by atoms with Gasteiger partial charge in [-0.25, -0.2) is 0 Å². The van der Waals surface area contributed by atoms with E-state index in [4.69, 9.17) is 0 Å². The summed E-state index contributed by atoms with van der Waals surface area (Å²) >= 11 is 3.58. The second-order valence-corrected chi connectivity index (χ2v) is 5.54. The lowest BCUT2D eigenvalue weighted by Crippen LogP contribution is -2.21. The van der Waals surface area contributed by atoms with Crippen molar-refractivity contribution in [2.24, 2.45) is 11.8 Å². The van der Waals surface area contributed by atoms with Gasteiger partial charge in [-0.15, -0.1) is 0 Å². The van der Waals surface area contributed by atoms with Gasteiger partial charge in [0.2, 0.25) is 0 Å². The average molecular weight is 267 g/mol. The molecule has 1 saturated carbocycles. The van der Waals surface area contributed by atoms with Crippen LogP contribution in [0, 0.1) is 11.8 Å². The van der Waals surface area contributed by atoms with Crippen LogP contribution in [0.25, 0.3) is 0 Å². The molecule has 2 heterocycles. The van der Waals surface area contributed by atoms with E-state index in [9.17, 15) is 0 Å². The minimum absolute atomic E-state index is 0.949. The molecule has 1 aliphatic carbocycles. The number of rotatable bonds is 1. The maximum atomic E-state index is 4.11. The summed E-state index contributed by atoms with van der Waals surface area (Å²) in [6.07, 6.45) is 8.09. The van der Waals surface area contributed by atoms with Crippen molar-refractivity contribution in [3.05, 3.63) is 22.9 Å². The Labute approximate surface area is 98.8 Å². The Balaban J connectivity index is 1.82. The summed E-state index contributed by atoms with van der Waals surface area (Å²) < 4.78 is 1.13. The van der Waals surface area contributed by atoms with E-state index < -0.39 is 0 Å². The number of nitrogens with zero attached hydrogens (tertiary/aromatic N) is 2. The van der Waals surface area contributed by atoms with E-state index in [1.165, 1.54) is 38.0 Å². The average Bonchev–Trinajstić information content (AvgIpc) is 2.77. The van der Waals surface area contributed by atoms with Gasteiger partial charge in [0.05, 0.1) is 10.2 Å². The normalized spacial score (nSPS) is 29.5. The van der Waals surface area contributed by atoms with Crippen LogP contribution in [0.4, 0.5) is 5.69 Å². The van der Waals surface area contributed by atoms with Crippen LogP contribution >= 0.6 is 15.9 Å². The molecular weight excluding hydrogens is 252 g/mol. The summed E-state index contributed by atoms with van der Waals surface area (Å²) in [4.78, 5) is 6.63. The molecule has 1 aromatic heterocycles. The van der Waals surface area contributed by atoms with E-state index in [2.05, 4.69) is 31.9 Å². The molecule has 3 heteroatoms. The number of hydrogen-bond donors (Lipinski definition) is 0. The summed E-state index contributed by atoms with van der Waals surface area (Å²) in [5, 5.41) is 0. The van der Waals surface area contributed by atoms with Gasteiger partial charge in [-0.1, -0.05) is 6.42 Å². The molecule has 3 rings (SSSR count). The maximum absolute atomic E-state index is 4.11. The van der Waals surface area contributed by atoms with Crippen LogP contribution in [0.2, 0.25) is 0 Å². The molecule has 80 valence electrons. The first kappa shape index (κ1) is 9.64. The number of anilines is 1. The minimum Gasteiger partial charge on any atom is -0.370 e. The highest BCUT2D eigenvalue weighted by Crippen LogP contribution is 2.40. The highest BCUT2D eigenvalue weighted by molar-refractivity contribution is 9.10. The molecule has 0 amide bonds. The van der Waals surface area contributed by atoms with Crippen LogP contribution in [-0.2, 0) is 0 Å². The Hall–Kier alpha value is -0.570. The molecule has 2 fully saturated rings. The van der Waals surface area contributed by atoms with Gasteiger partial charge in [0.25, 0.3) is 0 Å². The molecule has 2 atom stereocenters. The summed E-state index contributed by atoms with van der Waals surface area (Å²) in [6.45, 7) is 2.49. The zero-order valence-corrected chi connectivity index (χ0v) is 10.3. The fraction of sp³-hybridized carbons (Fsp3) is 0.583. The molecule has 2 unspecified atom stereocenters. The minimum atomic E-state index is 0.949. The van der Waals surface area contributed by atoms with Crippen molar-refractivity contribution in [1.82, 2.24) is 4.98 Å². The summed E-state index contributed by atoms with van der Waals surface area (Å²) in [6, 6.07) is 2.12. The highest BCUT2D eigenvalue weighted by Gasteiger charge is 2.36. The van der Waals surface area contributed by atoms with Gasteiger partial charge < -0.3 is 4.90 Å². The molecule has 0 bridgehead atoms. The largest absolute Gasteiger partial charge is 0.370 e. The van der Waals surface area contributed by atoms with Crippen LogP contribution in [0.15, 0.2) is 22.9 Å². The van der Waals surface area contributed by atoms with E-state index in [1.54, 1.807) is 0 Å².